The molecule has 0 saturated carbocycles. The van der Waals surface area contributed by atoms with Crippen molar-refractivity contribution in [2.24, 2.45) is 0 Å². The second-order valence-corrected chi connectivity index (χ2v) is 6.61. The third-order valence-corrected chi connectivity index (χ3v) is 4.87. The number of fused-ring (bicyclic) bond motifs is 1. The van der Waals surface area contributed by atoms with Crippen LogP contribution in [0.15, 0.2) is 6.20 Å². The zero-order valence-electron chi connectivity index (χ0n) is 13.3. The Morgan fingerprint density at radius 2 is 2.09 bits per heavy atom. The lowest BCUT2D eigenvalue weighted by molar-refractivity contribution is 0.00707. The summed E-state index contributed by atoms with van der Waals surface area (Å²) in [5, 5.41) is 25.0. The number of imidazole rings is 1. The monoisotopic (exact) mass is 338 g/mol. The molecule has 1 fully saturated rings. The fourth-order valence-electron chi connectivity index (χ4n) is 3.33. The summed E-state index contributed by atoms with van der Waals surface area (Å²) in [4.78, 5) is 8.37. The van der Waals surface area contributed by atoms with Crippen LogP contribution < -0.4 is 5.32 Å². The minimum absolute atomic E-state index is 0.0651. The van der Waals surface area contributed by atoms with Gasteiger partial charge in [-0.25, -0.2) is 4.98 Å². The number of nitrogens with zero attached hydrogens (tertiary/aromatic N) is 3. The van der Waals surface area contributed by atoms with Gasteiger partial charge in [-0.3, -0.25) is 4.57 Å². The highest BCUT2D eigenvalue weighted by Crippen LogP contribution is 2.40. The summed E-state index contributed by atoms with van der Waals surface area (Å²) in [5.74, 6) is 0. The highest BCUT2D eigenvalue weighted by molar-refractivity contribution is 6.32. The average molecular weight is 339 g/mol. The molecule has 1 saturated heterocycles. The largest absolute Gasteiger partial charge is 0.480 e. The molecule has 23 heavy (non-hydrogen) atoms. The SMILES string of the molecule is CCCCCn1c(O)nc2ncc(Cl)c(C3(O)CCNCC3)c21. The van der Waals surface area contributed by atoms with Gasteiger partial charge in [0.1, 0.15) is 0 Å². The summed E-state index contributed by atoms with van der Waals surface area (Å²) in [7, 11) is 0. The summed E-state index contributed by atoms with van der Waals surface area (Å²) in [6.07, 6.45) is 5.76. The van der Waals surface area contributed by atoms with Crippen LogP contribution in [0.1, 0.15) is 44.6 Å². The van der Waals surface area contributed by atoms with Crippen LogP contribution in [0.3, 0.4) is 0 Å². The van der Waals surface area contributed by atoms with Crippen LogP contribution in [0.5, 0.6) is 6.01 Å². The van der Waals surface area contributed by atoms with E-state index in [1.54, 1.807) is 4.57 Å². The van der Waals surface area contributed by atoms with Crippen molar-refractivity contribution >= 4 is 22.8 Å². The smallest absolute Gasteiger partial charge is 0.296 e. The Morgan fingerprint density at radius 1 is 1.35 bits per heavy atom. The summed E-state index contributed by atoms with van der Waals surface area (Å²) in [6, 6.07) is -0.0651. The van der Waals surface area contributed by atoms with Gasteiger partial charge in [-0.2, -0.15) is 4.98 Å². The van der Waals surface area contributed by atoms with E-state index in [9.17, 15) is 10.2 Å². The number of halogens is 1. The third kappa shape index (κ3) is 3.03. The number of nitrogens with one attached hydrogen (secondary N) is 1. The fourth-order valence-corrected chi connectivity index (χ4v) is 3.64. The Kier molecular flexibility index (Phi) is 4.75. The Labute approximate surface area is 140 Å². The number of piperidine rings is 1. The van der Waals surface area contributed by atoms with E-state index in [2.05, 4.69) is 22.2 Å². The quantitative estimate of drug-likeness (QED) is 0.730. The van der Waals surface area contributed by atoms with Crippen LogP contribution in [-0.4, -0.2) is 37.8 Å². The van der Waals surface area contributed by atoms with E-state index in [0.717, 1.165) is 32.4 Å². The second kappa shape index (κ2) is 6.63. The topological polar surface area (TPSA) is 83.2 Å². The van der Waals surface area contributed by atoms with E-state index in [0.29, 0.717) is 41.1 Å². The van der Waals surface area contributed by atoms with Crippen LogP contribution in [-0.2, 0) is 12.1 Å². The van der Waals surface area contributed by atoms with E-state index in [1.807, 2.05) is 0 Å². The maximum atomic E-state index is 11.2. The van der Waals surface area contributed by atoms with Gasteiger partial charge in [0.15, 0.2) is 5.65 Å². The molecular formula is C16H23ClN4O2. The molecule has 2 aromatic heterocycles. The van der Waals surface area contributed by atoms with Crippen molar-refractivity contribution in [2.45, 2.75) is 51.2 Å². The molecule has 3 rings (SSSR count). The van der Waals surface area contributed by atoms with E-state index < -0.39 is 5.60 Å². The van der Waals surface area contributed by atoms with Gasteiger partial charge in [0.25, 0.3) is 6.01 Å². The lowest BCUT2D eigenvalue weighted by Gasteiger charge is -2.34. The van der Waals surface area contributed by atoms with E-state index in [-0.39, 0.29) is 6.01 Å². The van der Waals surface area contributed by atoms with E-state index in [4.69, 9.17) is 11.6 Å². The number of rotatable bonds is 5. The molecule has 1 aliphatic heterocycles. The number of hydrogen-bond acceptors (Lipinski definition) is 5. The Hall–Kier alpha value is -1.37. The van der Waals surface area contributed by atoms with Crippen molar-refractivity contribution in [3.8, 4) is 6.01 Å². The molecule has 0 aromatic carbocycles. The van der Waals surface area contributed by atoms with Crippen LogP contribution in [0.25, 0.3) is 11.2 Å². The van der Waals surface area contributed by atoms with Crippen molar-refractivity contribution in [3.63, 3.8) is 0 Å². The molecule has 0 radical (unpaired) electrons. The summed E-state index contributed by atoms with van der Waals surface area (Å²) >= 11 is 6.40. The standard InChI is InChI=1S/C16H23ClN4O2/c1-2-3-4-9-21-13-12(16(23)5-7-18-8-6-16)11(17)10-19-14(13)20-15(21)22/h10,18,23H,2-9H2,1H3,(H,19,20,22). The molecule has 0 unspecified atom stereocenters. The van der Waals surface area contributed by atoms with Gasteiger partial charge >= 0.3 is 0 Å². The Balaban J connectivity index is 2.13. The highest BCUT2D eigenvalue weighted by atomic mass is 35.5. The zero-order chi connectivity index (χ0) is 16.4. The molecular weight excluding hydrogens is 316 g/mol. The molecule has 0 bridgehead atoms. The van der Waals surface area contributed by atoms with E-state index >= 15 is 0 Å². The predicted molar refractivity (Wildman–Crippen MR) is 89.7 cm³/mol. The van der Waals surface area contributed by atoms with Gasteiger partial charge < -0.3 is 15.5 Å². The molecule has 126 valence electrons. The predicted octanol–water partition coefficient (Wildman–Crippen LogP) is 2.55. The van der Waals surface area contributed by atoms with Gasteiger partial charge in [0.2, 0.25) is 0 Å². The minimum atomic E-state index is -1.02. The first kappa shape index (κ1) is 16.5. The van der Waals surface area contributed by atoms with Crippen LogP contribution in [0.4, 0.5) is 0 Å². The van der Waals surface area contributed by atoms with Crippen molar-refractivity contribution in [1.82, 2.24) is 19.9 Å². The number of hydrogen-bond donors (Lipinski definition) is 3. The van der Waals surface area contributed by atoms with Crippen LogP contribution >= 0.6 is 11.6 Å². The Bertz CT molecular complexity index is 695. The fraction of sp³-hybridized carbons (Fsp3) is 0.625. The lowest BCUT2D eigenvalue weighted by Crippen LogP contribution is -2.40. The normalized spacial score (nSPS) is 17.7. The molecule has 7 heteroatoms. The van der Waals surface area contributed by atoms with Gasteiger partial charge in [0.05, 0.1) is 16.1 Å². The number of aliphatic hydroxyl groups is 1. The van der Waals surface area contributed by atoms with Crippen LogP contribution in [0, 0.1) is 0 Å². The maximum Gasteiger partial charge on any atom is 0.296 e. The molecule has 6 nitrogen and oxygen atoms in total. The number of aromatic hydroxyl groups is 1. The van der Waals surface area contributed by atoms with Gasteiger partial charge in [-0.15, -0.1) is 0 Å². The van der Waals surface area contributed by atoms with E-state index in [1.165, 1.54) is 6.20 Å². The highest BCUT2D eigenvalue weighted by Gasteiger charge is 2.36. The minimum Gasteiger partial charge on any atom is -0.480 e. The second-order valence-electron chi connectivity index (χ2n) is 6.21. The zero-order valence-corrected chi connectivity index (χ0v) is 14.1. The summed E-state index contributed by atoms with van der Waals surface area (Å²) in [6.45, 7) is 4.23. The molecule has 3 heterocycles. The van der Waals surface area contributed by atoms with Gasteiger partial charge in [-0.05, 0) is 32.4 Å². The molecule has 3 N–H and O–H groups in total. The Morgan fingerprint density at radius 3 is 2.78 bits per heavy atom. The van der Waals surface area contributed by atoms with Gasteiger partial charge in [0, 0.05) is 18.3 Å². The van der Waals surface area contributed by atoms with Crippen molar-refractivity contribution < 1.29 is 10.2 Å². The molecule has 0 spiro atoms. The maximum absolute atomic E-state index is 11.2. The molecule has 1 aliphatic rings. The van der Waals surface area contributed by atoms with Gasteiger partial charge in [-0.1, -0.05) is 31.4 Å². The number of unbranched alkanes of at least 4 members (excludes halogenated alkanes) is 2. The van der Waals surface area contributed by atoms with Crippen molar-refractivity contribution in [2.75, 3.05) is 13.1 Å². The third-order valence-electron chi connectivity index (χ3n) is 4.59. The summed E-state index contributed by atoms with van der Waals surface area (Å²) in [5.41, 5.74) is 0.731. The molecule has 0 atom stereocenters. The number of aromatic nitrogens is 3. The van der Waals surface area contributed by atoms with Crippen molar-refractivity contribution in [1.29, 1.82) is 0 Å². The number of aryl methyl sites for hydroxylation is 1. The first-order chi connectivity index (χ1) is 11.1. The van der Waals surface area contributed by atoms with Crippen molar-refractivity contribution in [3.05, 3.63) is 16.8 Å². The molecule has 0 amide bonds. The molecule has 0 aliphatic carbocycles. The molecule has 2 aromatic rings. The lowest BCUT2D eigenvalue weighted by atomic mass is 9.85. The summed E-state index contributed by atoms with van der Waals surface area (Å²) < 4.78 is 1.74. The first-order valence-corrected chi connectivity index (χ1v) is 8.62. The average Bonchev–Trinajstić information content (AvgIpc) is 2.84. The van der Waals surface area contributed by atoms with Crippen LogP contribution in [0.2, 0.25) is 5.02 Å². The number of pyridine rings is 1. The first-order valence-electron chi connectivity index (χ1n) is 8.24.